The van der Waals surface area contributed by atoms with Gasteiger partial charge in [0.2, 0.25) is 5.91 Å². The van der Waals surface area contributed by atoms with Crippen LogP contribution in [0.4, 0.5) is 10.1 Å². The summed E-state index contributed by atoms with van der Waals surface area (Å²) in [6.07, 6.45) is 0. The van der Waals surface area contributed by atoms with Gasteiger partial charge in [0.25, 0.3) is 5.69 Å². The smallest absolute Gasteiger partial charge is 0.269 e. The second-order valence-electron chi connectivity index (χ2n) is 4.82. The molecule has 1 unspecified atom stereocenters. The summed E-state index contributed by atoms with van der Waals surface area (Å²) in [6.45, 7) is 1.85. The number of amides is 1. The highest BCUT2D eigenvalue weighted by molar-refractivity contribution is 8.00. The van der Waals surface area contributed by atoms with Gasteiger partial charge in [0, 0.05) is 29.1 Å². The summed E-state index contributed by atoms with van der Waals surface area (Å²) < 4.78 is 13.5. The highest BCUT2D eigenvalue weighted by atomic mass is 32.2. The minimum Gasteiger partial charge on any atom is -0.351 e. The van der Waals surface area contributed by atoms with Gasteiger partial charge in [-0.25, -0.2) is 4.39 Å². The van der Waals surface area contributed by atoms with Crippen molar-refractivity contribution in [3.8, 4) is 0 Å². The van der Waals surface area contributed by atoms with Crippen molar-refractivity contribution < 1.29 is 14.1 Å². The van der Waals surface area contributed by atoms with Gasteiger partial charge in [0.1, 0.15) is 5.82 Å². The van der Waals surface area contributed by atoms with Crippen molar-refractivity contribution in [3.05, 3.63) is 70.0 Å². The molecular formula is C16H15FN2O3S. The fourth-order valence-electron chi connectivity index (χ4n) is 1.87. The molecule has 2 aromatic rings. The van der Waals surface area contributed by atoms with Crippen molar-refractivity contribution in [2.75, 3.05) is 0 Å². The average Bonchev–Trinajstić information content (AvgIpc) is 2.54. The Morgan fingerprint density at radius 1 is 1.26 bits per heavy atom. The van der Waals surface area contributed by atoms with Gasteiger partial charge in [-0.3, -0.25) is 14.9 Å². The molecule has 0 heterocycles. The third-order valence-corrected chi connectivity index (χ3v) is 4.25. The Morgan fingerprint density at radius 3 is 2.52 bits per heavy atom. The van der Waals surface area contributed by atoms with Gasteiger partial charge in [-0.05, 0) is 25.1 Å². The molecule has 1 amide bonds. The first-order chi connectivity index (χ1) is 11.0. The van der Waals surface area contributed by atoms with Crippen molar-refractivity contribution in [2.45, 2.75) is 23.6 Å². The molecule has 2 aromatic carbocycles. The third-order valence-electron chi connectivity index (χ3n) is 3.14. The molecule has 23 heavy (non-hydrogen) atoms. The topological polar surface area (TPSA) is 72.2 Å². The lowest BCUT2D eigenvalue weighted by molar-refractivity contribution is -0.384. The van der Waals surface area contributed by atoms with Crippen LogP contribution in [0, 0.1) is 15.9 Å². The molecule has 0 saturated carbocycles. The molecule has 1 N–H and O–H groups in total. The van der Waals surface area contributed by atoms with Crippen LogP contribution in [0.2, 0.25) is 0 Å². The number of hydrogen-bond acceptors (Lipinski definition) is 4. The number of nitrogens with one attached hydrogen (secondary N) is 1. The number of carbonyl (C=O) groups is 1. The van der Waals surface area contributed by atoms with Crippen molar-refractivity contribution in [3.63, 3.8) is 0 Å². The van der Waals surface area contributed by atoms with Gasteiger partial charge in [0.05, 0.1) is 10.2 Å². The first kappa shape index (κ1) is 17.0. The predicted octanol–water partition coefficient (Wildman–Crippen LogP) is 3.53. The number of halogens is 1. The average molecular weight is 334 g/mol. The van der Waals surface area contributed by atoms with Crippen LogP contribution in [0.5, 0.6) is 0 Å². The predicted molar refractivity (Wildman–Crippen MR) is 86.7 cm³/mol. The standard InChI is InChI=1S/C16H15FN2O3S/c1-11(23-14-8-6-13(7-9-14)19(21)22)16(20)18-10-12-4-2-3-5-15(12)17/h2-9,11H,10H2,1H3,(H,18,20). The second kappa shape index (κ2) is 7.73. The number of rotatable bonds is 6. The molecule has 7 heteroatoms. The van der Waals surface area contributed by atoms with Crippen molar-refractivity contribution in [1.29, 1.82) is 0 Å². The highest BCUT2D eigenvalue weighted by Gasteiger charge is 2.15. The molecule has 120 valence electrons. The first-order valence-electron chi connectivity index (χ1n) is 6.89. The fourth-order valence-corrected chi connectivity index (χ4v) is 2.76. The first-order valence-corrected chi connectivity index (χ1v) is 7.77. The zero-order chi connectivity index (χ0) is 16.8. The molecule has 1 atom stereocenters. The lowest BCUT2D eigenvalue weighted by Gasteiger charge is -2.12. The Hall–Kier alpha value is -2.41. The Kier molecular flexibility index (Phi) is 5.70. The van der Waals surface area contributed by atoms with Gasteiger partial charge in [-0.15, -0.1) is 11.8 Å². The van der Waals surface area contributed by atoms with Crippen molar-refractivity contribution in [1.82, 2.24) is 5.32 Å². The molecule has 0 saturated heterocycles. The summed E-state index contributed by atoms with van der Waals surface area (Å²) in [5.74, 6) is -0.583. The molecular weight excluding hydrogens is 319 g/mol. The maximum atomic E-state index is 13.5. The zero-order valence-electron chi connectivity index (χ0n) is 12.4. The maximum Gasteiger partial charge on any atom is 0.269 e. The van der Waals surface area contributed by atoms with Crippen LogP contribution in [0.3, 0.4) is 0 Å². The van der Waals surface area contributed by atoms with E-state index in [1.54, 1.807) is 37.3 Å². The number of hydrogen-bond donors (Lipinski definition) is 1. The Bertz CT molecular complexity index is 707. The van der Waals surface area contributed by atoms with Crippen molar-refractivity contribution >= 4 is 23.4 Å². The zero-order valence-corrected chi connectivity index (χ0v) is 13.2. The SMILES string of the molecule is CC(Sc1ccc([N+](=O)[O-])cc1)C(=O)NCc1ccccc1F. The van der Waals surface area contributed by atoms with E-state index in [4.69, 9.17) is 0 Å². The van der Waals surface area contributed by atoms with Crippen LogP contribution in [0.15, 0.2) is 53.4 Å². The van der Waals surface area contributed by atoms with Gasteiger partial charge in [0.15, 0.2) is 0 Å². The van der Waals surface area contributed by atoms with E-state index in [9.17, 15) is 19.3 Å². The summed E-state index contributed by atoms with van der Waals surface area (Å²) in [5, 5.41) is 12.9. The van der Waals surface area contributed by atoms with Crippen LogP contribution in [0.25, 0.3) is 0 Å². The van der Waals surface area contributed by atoms with Crippen LogP contribution in [0.1, 0.15) is 12.5 Å². The third kappa shape index (κ3) is 4.79. The summed E-state index contributed by atoms with van der Waals surface area (Å²) in [7, 11) is 0. The van der Waals surface area contributed by atoms with E-state index in [1.165, 1.54) is 30.0 Å². The second-order valence-corrected chi connectivity index (χ2v) is 6.23. The summed E-state index contributed by atoms with van der Waals surface area (Å²) in [6, 6.07) is 12.2. The van der Waals surface area contributed by atoms with E-state index in [0.717, 1.165) is 4.90 Å². The molecule has 5 nitrogen and oxygen atoms in total. The number of nitro benzene ring substituents is 1. The summed E-state index contributed by atoms with van der Waals surface area (Å²) in [5.41, 5.74) is 0.430. The van der Waals surface area contributed by atoms with Crippen LogP contribution >= 0.6 is 11.8 Å². The van der Waals surface area contributed by atoms with Crippen LogP contribution in [-0.4, -0.2) is 16.1 Å². The normalized spacial score (nSPS) is 11.7. The van der Waals surface area contributed by atoms with E-state index >= 15 is 0 Å². The van der Waals surface area contributed by atoms with Gasteiger partial charge in [-0.1, -0.05) is 18.2 Å². The molecule has 2 rings (SSSR count). The monoisotopic (exact) mass is 334 g/mol. The Morgan fingerprint density at radius 2 is 1.91 bits per heavy atom. The summed E-state index contributed by atoms with van der Waals surface area (Å²) in [4.78, 5) is 22.9. The van der Waals surface area contributed by atoms with E-state index in [2.05, 4.69) is 5.32 Å². The molecule has 0 aliphatic rings. The molecule has 0 aromatic heterocycles. The molecule has 0 radical (unpaired) electrons. The van der Waals surface area contributed by atoms with E-state index in [-0.39, 0.29) is 24.0 Å². The minimum atomic E-state index is -0.473. The lowest BCUT2D eigenvalue weighted by atomic mass is 10.2. The number of thioether (sulfide) groups is 1. The van der Waals surface area contributed by atoms with Gasteiger partial charge < -0.3 is 5.32 Å². The quantitative estimate of drug-likeness (QED) is 0.498. The highest BCUT2D eigenvalue weighted by Crippen LogP contribution is 2.25. The molecule has 0 aliphatic carbocycles. The molecule has 0 bridgehead atoms. The molecule has 0 fully saturated rings. The van der Waals surface area contributed by atoms with Crippen LogP contribution in [-0.2, 0) is 11.3 Å². The van der Waals surface area contributed by atoms with Gasteiger partial charge in [-0.2, -0.15) is 0 Å². The largest absolute Gasteiger partial charge is 0.351 e. The molecule has 0 aliphatic heterocycles. The number of nitrogens with zero attached hydrogens (tertiary/aromatic N) is 1. The van der Waals surface area contributed by atoms with E-state index in [1.807, 2.05) is 0 Å². The van der Waals surface area contributed by atoms with Crippen LogP contribution < -0.4 is 5.32 Å². The maximum absolute atomic E-state index is 13.5. The Balaban J connectivity index is 1.89. The number of non-ortho nitro benzene ring substituents is 1. The Labute approximate surface area is 137 Å². The molecule has 0 spiro atoms. The minimum absolute atomic E-state index is 0.00556. The number of benzene rings is 2. The van der Waals surface area contributed by atoms with Gasteiger partial charge >= 0.3 is 0 Å². The fraction of sp³-hybridized carbons (Fsp3) is 0.188. The number of nitro groups is 1. The van der Waals surface area contributed by atoms with E-state index in [0.29, 0.717) is 5.56 Å². The lowest BCUT2D eigenvalue weighted by Crippen LogP contribution is -2.30. The summed E-state index contributed by atoms with van der Waals surface area (Å²) >= 11 is 1.28. The number of carbonyl (C=O) groups excluding carboxylic acids is 1. The van der Waals surface area contributed by atoms with E-state index < -0.39 is 10.2 Å². The van der Waals surface area contributed by atoms with Crippen molar-refractivity contribution in [2.24, 2.45) is 0 Å².